The maximum atomic E-state index is 11.7. The molecule has 0 unspecified atom stereocenters. The van der Waals surface area contributed by atoms with E-state index in [-0.39, 0.29) is 5.69 Å². The van der Waals surface area contributed by atoms with Gasteiger partial charge in [0.25, 0.3) is 0 Å². The van der Waals surface area contributed by atoms with Gasteiger partial charge >= 0.3 is 5.69 Å². The smallest absolute Gasteiger partial charge is 0.316 e. The molecule has 4 nitrogen and oxygen atoms in total. The molecule has 0 saturated heterocycles. The van der Waals surface area contributed by atoms with Crippen LogP contribution in [0.5, 0.6) is 0 Å². The van der Waals surface area contributed by atoms with E-state index in [9.17, 15) is 4.79 Å². The molecule has 1 rings (SSSR count). The van der Waals surface area contributed by atoms with Crippen LogP contribution < -0.4 is 11.0 Å². The van der Waals surface area contributed by atoms with Crippen LogP contribution in [0.15, 0.2) is 17.2 Å². The van der Waals surface area contributed by atoms with Crippen molar-refractivity contribution in [3.05, 3.63) is 22.9 Å². The lowest BCUT2D eigenvalue weighted by atomic mass is 10.2. The van der Waals surface area contributed by atoms with Crippen molar-refractivity contribution in [2.45, 2.75) is 46.7 Å². The number of imidazole rings is 1. The molecule has 0 aromatic carbocycles. The third-order valence-electron chi connectivity index (χ3n) is 2.81. The van der Waals surface area contributed by atoms with Crippen molar-refractivity contribution in [3.8, 4) is 0 Å². The monoisotopic (exact) mass is 239 g/mol. The number of hydrogen-bond donors (Lipinski definition) is 1. The third kappa shape index (κ3) is 4.77. The fourth-order valence-corrected chi connectivity index (χ4v) is 1.79. The van der Waals surface area contributed by atoms with Crippen molar-refractivity contribution >= 4 is 0 Å². The van der Waals surface area contributed by atoms with E-state index < -0.39 is 0 Å². The topological polar surface area (TPSA) is 39.0 Å². The number of nitrogens with one attached hydrogen (secondary N) is 1. The summed E-state index contributed by atoms with van der Waals surface area (Å²) in [4.78, 5) is 11.7. The predicted molar refractivity (Wildman–Crippen MR) is 71.3 cm³/mol. The Bertz CT molecular complexity index is 365. The molecular formula is C13H25N3O. The van der Waals surface area contributed by atoms with Gasteiger partial charge in [-0.1, -0.05) is 13.8 Å². The lowest BCUT2D eigenvalue weighted by Gasteiger charge is -2.07. The molecule has 0 spiro atoms. The Morgan fingerprint density at radius 3 is 2.53 bits per heavy atom. The molecule has 0 saturated carbocycles. The first kappa shape index (κ1) is 14.0. The molecule has 0 bridgehead atoms. The van der Waals surface area contributed by atoms with E-state index in [1.165, 1.54) is 0 Å². The van der Waals surface area contributed by atoms with Crippen LogP contribution in [0.2, 0.25) is 0 Å². The largest absolute Gasteiger partial charge is 0.328 e. The van der Waals surface area contributed by atoms with Crippen molar-refractivity contribution in [2.24, 2.45) is 5.92 Å². The first-order chi connectivity index (χ1) is 8.15. The van der Waals surface area contributed by atoms with Crippen LogP contribution in [0.4, 0.5) is 0 Å². The SMILES string of the molecule is CCn1ccn(CCCCNCC(C)C)c1=O. The Hall–Kier alpha value is -1.03. The van der Waals surface area contributed by atoms with Crippen LogP contribution >= 0.6 is 0 Å². The van der Waals surface area contributed by atoms with E-state index in [2.05, 4.69) is 19.2 Å². The Morgan fingerprint density at radius 1 is 1.24 bits per heavy atom. The van der Waals surface area contributed by atoms with Gasteiger partial charge in [-0.05, 0) is 38.8 Å². The average Bonchev–Trinajstić information content (AvgIpc) is 2.64. The second-order valence-corrected chi connectivity index (χ2v) is 4.87. The lowest BCUT2D eigenvalue weighted by molar-refractivity contribution is 0.513. The molecule has 0 aliphatic carbocycles. The van der Waals surface area contributed by atoms with E-state index in [0.717, 1.165) is 39.0 Å². The van der Waals surface area contributed by atoms with E-state index in [1.807, 2.05) is 19.3 Å². The number of unbranched alkanes of at least 4 members (excludes halogenated alkanes) is 1. The summed E-state index contributed by atoms with van der Waals surface area (Å²) in [5.74, 6) is 0.705. The Labute approximate surface area is 104 Å². The third-order valence-corrected chi connectivity index (χ3v) is 2.81. The quantitative estimate of drug-likeness (QED) is 0.701. The van der Waals surface area contributed by atoms with E-state index in [0.29, 0.717) is 5.92 Å². The summed E-state index contributed by atoms with van der Waals surface area (Å²) in [6.07, 6.45) is 5.92. The Balaban J connectivity index is 2.18. The highest BCUT2D eigenvalue weighted by Crippen LogP contribution is 1.94. The van der Waals surface area contributed by atoms with Crippen LogP contribution in [0.25, 0.3) is 0 Å². The van der Waals surface area contributed by atoms with Crippen LogP contribution in [-0.4, -0.2) is 22.2 Å². The summed E-state index contributed by atoms with van der Waals surface area (Å²) >= 11 is 0. The van der Waals surface area contributed by atoms with Crippen LogP contribution in [0.3, 0.4) is 0 Å². The number of hydrogen-bond acceptors (Lipinski definition) is 2. The van der Waals surface area contributed by atoms with Gasteiger partial charge in [-0.3, -0.25) is 9.13 Å². The predicted octanol–water partition coefficient (Wildman–Crippen LogP) is 1.70. The molecule has 1 N–H and O–H groups in total. The van der Waals surface area contributed by atoms with Gasteiger partial charge in [-0.15, -0.1) is 0 Å². The van der Waals surface area contributed by atoms with Crippen molar-refractivity contribution in [2.75, 3.05) is 13.1 Å². The van der Waals surface area contributed by atoms with Crippen molar-refractivity contribution in [1.82, 2.24) is 14.5 Å². The summed E-state index contributed by atoms with van der Waals surface area (Å²) in [7, 11) is 0. The van der Waals surface area contributed by atoms with Crippen molar-refractivity contribution in [3.63, 3.8) is 0 Å². The van der Waals surface area contributed by atoms with Gasteiger partial charge in [0.1, 0.15) is 0 Å². The van der Waals surface area contributed by atoms with Gasteiger partial charge in [0.2, 0.25) is 0 Å². The normalized spacial score (nSPS) is 11.3. The number of nitrogens with zero attached hydrogens (tertiary/aromatic N) is 2. The number of aromatic nitrogens is 2. The zero-order valence-electron chi connectivity index (χ0n) is 11.3. The summed E-state index contributed by atoms with van der Waals surface area (Å²) in [6.45, 7) is 10.1. The van der Waals surface area contributed by atoms with Crippen molar-refractivity contribution in [1.29, 1.82) is 0 Å². The van der Waals surface area contributed by atoms with Gasteiger partial charge in [-0.25, -0.2) is 4.79 Å². The highest BCUT2D eigenvalue weighted by Gasteiger charge is 2.00. The minimum atomic E-state index is 0.114. The molecule has 1 aromatic rings. The van der Waals surface area contributed by atoms with Crippen LogP contribution in [0.1, 0.15) is 33.6 Å². The molecule has 4 heteroatoms. The summed E-state index contributed by atoms with van der Waals surface area (Å²) in [6, 6.07) is 0. The van der Waals surface area contributed by atoms with Gasteiger partial charge < -0.3 is 5.32 Å². The zero-order valence-corrected chi connectivity index (χ0v) is 11.3. The van der Waals surface area contributed by atoms with Gasteiger partial charge in [-0.2, -0.15) is 0 Å². The minimum absolute atomic E-state index is 0.114. The molecule has 0 fully saturated rings. The second-order valence-electron chi connectivity index (χ2n) is 4.87. The second kappa shape index (κ2) is 7.33. The molecular weight excluding hydrogens is 214 g/mol. The number of aryl methyl sites for hydroxylation is 2. The molecule has 1 aromatic heterocycles. The maximum Gasteiger partial charge on any atom is 0.328 e. The van der Waals surface area contributed by atoms with Crippen molar-refractivity contribution < 1.29 is 0 Å². The van der Waals surface area contributed by atoms with E-state index in [4.69, 9.17) is 0 Å². The van der Waals surface area contributed by atoms with Crippen LogP contribution in [-0.2, 0) is 13.1 Å². The standard InChI is InChI=1S/C13H25N3O/c1-4-15-9-10-16(13(15)17)8-6-5-7-14-11-12(2)3/h9-10,12,14H,4-8,11H2,1-3H3. The lowest BCUT2D eigenvalue weighted by Crippen LogP contribution is -2.24. The minimum Gasteiger partial charge on any atom is -0.316 e. The fraction of sp³-hybridized carbons (Fsp3) is 0.769. The van der Waals surface area contributed by atoms with E-state index >= 15 is 0 Å². The molecule has 0 amide bonds. The van der Waals surface area contributed by atoms with E-state index in [1.54, 1.807) is 9.13 Å². The molecule has 0 radical (unpaired) electrons. The van der Waals surface area contributed by atoms with Gasteiger partial charge in [0.15, 0.2) is 0 Å². The molecule has 0 aliphatic rings. The summed E-state index contributed by atoms with van der Waals surface area (Å²) in [5.41, 5.74) is 0.114. The summed E-state index contributed by atoms with van der Waals surface area (Å²) in [5, 5.41) is 3.41. The molecule has 0 atom stereocenters. The molecule has 1 heterocycles. The average molecular weight is 239 g/mol. The number of rotatable bonds is 8. The highest BCUT2D eigenvalue weighted by molar-refractivity contribution is 4.80. The first-order valence-electron chi connectivity index (χ1n) is 6.61. The zero-order chi connectivity index (χ0) is 12.7. The molecule has 98 valence electrons. The Morgan fingerprint density at radius 2 is 1.94 bits per heavy atom. The Kier molecular flexibility index (Phi) is 6.05. The first-order valence-corrected chi connectivity index (χ1v) is 6.61. The molecule has 0 aliphatic heterocycles. The summed E-state index contributed by atoms with van der Waals surface area (Å²) < 4.78 is 3.53. The van der Waals surface area contributed by atoms with Crippen LogP contribution in [0, 0.1) is 5.92 Å². The highest BCUT2D eigenvalue weighted by atomic mass is 16.1. The maximum absolute atomic E-state index is 11.7. The molecule has 17 heavy (non-hydrogen) atoms. The fourth-order valence-electron chi connectivity index (χ4n) is 1.79. The van der Waals surface area contributed by atoms with Gasteiger partial charge in [0, 0.05) is 25.5 Å². The van der Waals surface area contributed by atoms with Gasteiger partial charge in [0.05, 0.1) is 0 Å².